The first kappa shape index (κ1) is 12.6. The first-order valence-corrected chi connectivity index (χ1v) is 4.85. The molecule has 0 radical (unpaired) electrons. The Morgan fingerprint density at radius 2 is 2.07 bits per heavy atom. The molecule has 0 aromatic carbocycles. The fourth-order valence-corrected chi connectivity index (χ4v) is 0.827. The third-order valence-corrected chi connectivity index (χ3v) is 1.61. The topological polar surface area (TPSA) is 12.4 Å². The van der Waals surface area contributed by atoms with Crippen molar-refractivity contribution >= 4 is 6.21 Å². The van der Waals surface area contributed by atoms with E-state index in [1.54, 1.807) is 6.21 Å². The van der Waals surface area contributed by atoms with Crippen LogP contribution >= 0.6 is 0 Å². The summed E-state index contributed by atoms with van der Waals surface area (Å²) in [6.45, 7) is 12.4. The molecule has 0 heterocycles. The predicted molar refractivity (Wildman–Crippen MR) is 65.9 cm³/mol. The van der Waals surface area contributed by atoms with Crippen LogP contribution in [0.1, 0.15) is 20.3 Å². The SMILES string of the molecule is C=CC/C=C(C)\C=C/C(=C)C=NCC. The largest absolute Gasteiger partial charge is 0.293 e. The second-order valence-corrected chi connectivity index (χ2v) is 3.01. The zero-order valence-corrected chi connectivity index (χ0v) is 9.16. The third kappa shape index (κ3) is 7.29. The van der Waals surface area contributed by atoms with Crippen LogP contribution in [0.25, 0.3) is 0 Å². The molecule has 0 aliphatic heterocycles. The zero-order chi connectivity index (χ0) is 10.8. The Morgan fingerprint density at radius 1 is 1.36 bits per heavy atom. The van der Waals surface area contributed by atoms with Crippen molar-refractivity contribution in [2.45, 2.75) is 20.3 Å². The van der Waals surface area contributed by atoms with E-state index in [1.165, 1.54) is 5.57 Å². The van der Waals surface area contributed by atoms with Gasteiger partial charge in [0.1, 0.15) is 0 Å². The molecule has 0 aromatic rings. The van der Waals surface area contributed by atoms with Gasteiger partial charge < -0.3 is 0 Å². The Kier molecular flexibility index (Phi) is 7.43. The Balaban J connectivity index is 4.09. The van der Waals surface area contributed by atoms with Crippen molar-refractivity contribution in [2.75, 3.05) is 6.54 Å². The molecule has 0 bridgehead atoms. The lowest BCUT2D eigenvalue weighted by molar-refractivity contribution is 1.14. The molecule has 0 rings (SSSR count). The minimum absolute atomic E-state index is 0.804. The second kappa shape index (κ2) is 8.24. The van der Waals surface area contributed by atoms with Gasteiger partial charge >= 0.3 is 0 Å². The Morgan fingerprint density at radius 3 is 2.64 bits per heavy atom. The van der Waals surface area contributed by atoms with Gasteiger partial charge in [0.05, 0.1) is 0 Å². The molecule has 1 nitrogen and oxygen atoms in total. The van der Waals surface area contributed by atoms with E-state index >= 15 is 0 Å². The van der Waals surface area contributed by atoms with Gasteiger partial charge in [0.15, 0.2) is 0 Å². The maximum Gasteiger partial charge on any atom is 0.0361 e. The molecule has 0 fully saturated rings. The van der Waals surface area contributed by atoms with Crippen LogP contribution in [0.3, 0.4) is 0 Å². The summed E-state index contributed by atoms with van der Waals surface area (Å²) in [6, 6.07) is 0. The molecule has 0 saturated carbocycles. The van der Waals surface area contributed by atoms with E-state index in [2.05, 4.69) is 31.2 Å². The lowest BCUT2D eigenvalue weighted by atomic mass is 10.2. The molecule has 76 valence electrons. The highest BCUT2D eigenvalue weighted by Crippen LogP contribution is 2.00. The van der Waals surface area contributed by atoms with Gasteiger partial charge in [-0.15, -0.1) is 6.58 Å². The van der Waals surface area contributed by atoms with Crippen molar-refractivity contribution in [2.24, 2.45) is 4.99 Å². The van der Waals surface area contributed by atoms with E-state index in [4.69, 9.17) is 0 Å². The fourth-order valence-electron chi connectivity index (χ4n) is 0.827. The Bertz CT molecular complexity index is 267. The highest BCUT2D eigenvalue weighted by atomic mass is 14.7. The van der Waals surface area contributed by atoms with E-state index in [-0.39, 0.29) is 0 Å². The summed E-state index contributed by atoms with van der Waals surface area (Å²) in [5.41, 5.74) is 2.15. The Hall–Kier alpha value is -1.37. The first-order chi connectivity index (χ1) is 6.70. The summed E-state index contributed by atoms with van der Waals surface area (Å²) in [7, 11) is 0. The van der Waals surface area contributed by atoms with E-state index < -0.39 is 0 Å². The van der Waals surface area contributed by atoms with Crippen LogP contribution in [0.5, 0.6) is 0 Å². The summed E-state index contributed by atoms with van der Waals surface area (Å²) < 4.78 is 0. The van der Waals surface area contributed by atoms with Crippen LogP contribution in [-0.2, 0) is 0 Å². The maximum atomic E-state index is 4.10. The van der Waals surface area contributed by atoms with Gasteiger partial charge in [0.25, 0.3) is 0 Å². The number of hydrogen-bond donors (Lipinski definition) is 0. The highest BCUT2D eigenvalue weighted by Gasteiger charge is 1.82. The lowest BCUT2D eigenvalue weighted by Crippen LogP contribution is -1.79. The van der Waals surface area contributed by atoms with Crippen LogP contribution in [0.4, 0.5) is 0 Å². The maximum absolute atomic E-state index is 4.10. The standard InChI is InChI=1S/C13H19N/c1-5-7-8-12(3)9-10-13(4)11-14-6-2/h5,8-11H,1,4,6-7H2,2-3H3/b10-9-,12-8-,14-11?. The molecular weight excluding hydrogens is 170 g/mol. The summed E-state index contributed by atoms with van der Waals surface area (Å²) in [4.78, 5) is 4.10. The highest BCUT2D eigenvalue weighted by molar-refractivity contribution is 5.81. The molecule has 0 amide bonds. The zero-order valence-electron chi connectivity index (χ0n) is 9.16. The van der Waals surface area contributed by atoms with Crippen LogP contribution in [0.2, 0.25) is 0 Å². The van der Waals surface area contributed by atoms with Crippen molar-refractivity contribution in [3.05, 3.63) is 48.6 Å². The van der Waals surface area contributed by atoms with E-state index in [0.717, 1.165) is 18.5 Å². The van der Waals surface area contributed by atoms with Crippen molar-refractivity contribution in [3.8, 4) is 0 Å². The minimum atomic E-state index is 0.804. The van der Waals surface area contributed by atoms with Gasteiger partial charge in [0.2, 0.25) is 0 Å². The molecule has 0 saturated heterocycles. The van der Waals surface area contributed by atoms with Gasteiger partial charge in [0, 0.05) is 12.8 Å². The summed E-state index contributed by atoms with van der Waals surface area (Å²) in [5, 5.41) is 0. The molecule has 0 aliphatic rings. The quantitative estimate of drug-likeness (QED) is 0.343. The molecule has 0 spiro atoms. The monoisotopic (exact) mass is 189 g/mol. The van der Waals surface area contributed by atoms with Gasteiger partial charge in [-0.05, 0) is 25.8 Å². The summed E-state index contributed by atoms with van der Waals surface area (Å²) in [5.74, 6) is 0. The average Bonchev–Trinajstić information content (AvgIpc) is 2.20. The normalized spacial score (nSPS) is 12.6. The van der Waals surface area contributed by atoms with Gasteiger partial charge in [-0.3, -0.25) is 4.99 Å². The van der Waals surface area contributed by atoms with Gasteiger partial charge in [-0.25, -0.2) is 0 Å². The van der Waals surface area contributed by atoms with Gasteiger partial charge in [-0.1, -0.05) is 36.5 Å². The number of allylic oxidation sites excluding steroid dienone is 6. The summed E-state index contributed by atoms with van der Waals surface area (Å²) in [6.07, 6.45) is 10.7. The molecule has 0 unspecified atom stereocenters. The second-order valence-electron chi connectivity index (χ2n) is 3.01. The van der Waals surface area contributed by atoms with Crippen LogP contribution < -0.4 is 0 Å². The molecule has 0 N–H and O–H groups in total. The lowest BCUT2D eigenvalue weighted by Gasteiger charge is -1.91. The van der Waals surface area contributed by atoms with Crippen LogP contribution in [-0.4, -0.2) is 12.8 Å². The van der Waals surface area contributed by atoms with Crippen LogP contribution in [0.15, 0.2) is 53.6 Å². The van der Waals surface area contributed by atoms with Crippen molar-refractivity contribution in [1.29, 1.82) is 0 Å². The minimum Gasteiger partial charge on any atom is -0.293 e. The van der Waals surface area contributed by atoms with Crippen molar-refractivity contribution in [3.63, 3.8) is 0 Å². The third-order valence-electron chi connectivity index (χ3n) is 1.61. The first-order valence-electron chi connectivity index (χ1n) is 4.85. The van der Waals surface area contributed by atoms with E-state index in [1.807, 2.05) is 25.2 Å². The van der Waals surface area contributed by atoms with Crippen LogP contribution in [0, 0.1) is 0 Å². The van der Waals surface area contributed by atoms with E-state index in [0.29, 0.717) is 0 Å². The number of nitrogens with zero attached hydrogens (tertiary/aromatic N) is 1. The summed E-state index contributed by atoms with van der Waals surface area (Å²) >= 11 is 0. The number of rotatable bonds is 6. The van der Waals surface area contributed by atoms with E-state index in [9.17, 15) is 0 Å². The molecule has 1 heteroatoms. The molecule has 0 atom stereocenters. The molecular formula is C13H19N. The number of hydrogen-bond acceptors (Lipinski definition) is 1. The number of aliphatic imine (C=N–C) groups is 1. The molecule has 0 aromatic heterocycles. The molecule has 14 heavy (non-hydrogen) atoms. The predicted octanol–water partition coefficient (Wildman–Crippen LogP) is 3.71. The smallest absolute Gasteiger partial charge is 0.0361 e. The van der Waals surface area contributed by atoms with Gasteiger partial charge in [-0.2, -0.15) is 0 Å². The molecule has 0 aliphatic carbocycles. The average molecular weight is 189 g/mol. The van der Waals surface area contributed by atoms with Crippen molar-refractivity contribution in [1.82, 2.24) is 0 Å². The Labute approximate surface area is 87.3 Å². The fraction of sp³-hybridized carbons (Fsp3) is 0.308. The van der Waals surface area contributed by atoms with Crippen molar-refractivity contribution < 1.29 is 0 Å².